The van der Waals surface area contributed by atoms with E-state index in [2.05, 4.69) is 4.89 Å². The average molecular weight is 270 g/mol. The second-order valence-corrected chi connectivity index (χ2v) is 3.24. The van der Waals surface area contributed by atoms with Crippen molar-refractivity contribution in [3.05, 3.63) is 34.4 Å². The third kappa shape index (κ3) is 2.66. The van der Waals surface area contributed by atoms with Crippen molar-refractivity contribution < 1.29 is 44.6 Å². The molecule has 0 radical (unpaired) electrons. The van der Waals surface area contributed by atoms with Gasteiger partial charge in [0.2, 0.25) is 0 Å². The normalized spacial score (nSPS) is 9.74. The van der Waals surface area contributed by atoms with Gasteiger partial charge in [-0.3, -0.25) is 4.89 Å². The Hall–Kier alpha value is -2.94. The lowest BCUT2D eigenvalue weighted by Gasteiger charge is -2.08. The highest BCUT2D eigenvalue weighted by Gasteiger charge is 2.27. The van der Waals surface area contributed by atoms with Crippen LogP contribution in [-0.4, -0.2) is 44.5 Å². The maximum atomic E-state index is 11.2. The molecule has 0 amide bonds. The molecule has 9 heteroatoms. The van der Waals surface area contributed by atoms with Gasteiger partial charge < -0.3 is 15.3 Å². The molecule has 0 bridgehead atoms. The van der Waals surface area contributed by atoms with Crippen molar-refractivity contribution in [3.8, 4) is 0 Å². The Kier molecular flexibility index (Phi) is 3.82. The summed E-state index contributed by atoms with van der Waals surface area (Å²) in [5.74, 6) is -6.68. The maximum absolute atomic E-state index is 11.2. The molecule has 4 N–H and O–H groups in total. The van der Waals surface area contributed by atoms with E-state index >= 15 is 0 Å². The number of carboxylic acid groups (broad SMARTS) is 3. The van der Waals surface area contributed by atoms with Crippen molar-refractivity contribution in [3.63, 3.8) is 0 Å². The van der Waals surface area contributed by atoms with Crippen LogP contribution in [0.25, 0.3) is 0 Å². The molecular formula is C10H6O9. The summed E-state index contributed by atoms with van der Waals surface area (Å²) in [5, 5.41) is 34.7. The zero-order chi connectivity index (χ0) is 14.7. The van der Waals surface area contributed by atoms with Crippen molar-refractivity contribution in [1.82, 2.24) is 0 Å². The first-order valence-corrected chi connectivity index (χ1v) is 4.53. The molecular weight excluding hydrogens is 264 g/mol. The number of rotatable bonds is 4. The van der Waals surface area contributed by atoms with Gasteiger partial charge in [0.05, 0.1) is 22.3 Å². The molecule has 0 heterocycles. The molecule has 0 aliphatic rings. The predicted octanol–water partition coefficient (Wildman–Crippen LogP) is 0.411. The third-order valence-electron chi connectivity index (χ3n) is 2.13. The summed E-state index contributed by atoms with van der Waals surface area (Å²) in [6, 6.07) is 1.18. The molecule has 0 unspecified atom stereocenters. The largest absolute Gasteiger partial charge is 0.478 e. The van der Waals surface area contributed by atoms with E-state index < -0.39 is 46.1 Å². The minimum Gasteiger partial charge on any atom is -0.478 e. The van der Waals surface area contributed by atoms with Gasteiger partial charge in [0.25, 0.3) is 0 Å². The van der Waals surface area contributed by atoms with Gasteiger partial charge >= 0.3 is 23.9 Å². The molecule has 0 spiro atoms. The Morgan fingerprint density at radius 2 is 1.37 bits per heavy atom. The Morgan fingerprint density at radius 1 is 0.842 bits per heavy atom. The Balaban J connectivity index is 3.75. The van der Waals surface area contributed by atoms with Crippen LogP contribution in [0, 0.1) is 0 Å². The number of carboxylic acids is 3. The van der Waals surface area contributed by atoms with Crippen molar-refractivity contribution in [2.45, 2.75) is 0 Å². The SMILES string of the molecule is O=C(O)c1cc(C(=O)O)c(C(=O)O)c(C(=O)OO)c1. The minimum atomic E-state index is -1.78. The molecule has 100 valence electrons. The fourth-order valence-electron chi connectivity index (χ4n) is 1.37. The smallest absolute Gasteiger partial charge is 0.373 e. The van der Waals surface area contributed by atoms with Gasteiger partial charge in [-0.1, -0.05) is 0 Å². The molecule has 0 saturated carbocycles. The zero-order valence-electron chi connectivity index (χ0n) is 8.98. The van der Waals surface area contributed by atoms with Gasteiger partial charge in [-0.05, 0) is 12.1 Å². The summed E-state index contributed by atoms with van der Waals surface area (Å²) in [5.41, 5.74) is -3.40. The Bertz CT molecular complexity index is 587. The summed E-state index contributed by atoms with van der Waals surface area (Å²) in [6.07, 6.45) is 0. The number of aromatic carboxylic acids is 3. The second-order valence-electron chi connectivity index (χ2n) is 3.24. The summed E-state index contributed by atoms with van der Waals surface area (Å²) < 4.78 is 0. The lowest BCUT2D eigenvalue weighted by Crippen LogP contribution is -2.17. The predicted molar refractivity (Wildman–Crippen MR) is 55.4 cm³/mol. The first-order chi connectivity index (χ1) is 8.79. The first kappa shape index (κ1) is 14.1. The Labute approximate surface area is 104 Å². The minimum absolute atomic E-state index is 0.586. The number of hydrogen-bond acceptors (Lipinski definition) is 6. The molecule has 0 aliphatic carbocycles. The molecule has 19 heavy (non-hydrogen) atoms. The van der Waals surface area contributed by atoms with E-state index in [1.807, 2.05) is 0 Å². The van der Waals surface area contributed by atoms with E-state index in [1.54, 1.807) is 0 Å². The van der Waals surface area contributed by atoms with Crippen LogP contribution in [-0.2, 0) is 4.89 Å². The highest BCUT2D eigenvalue weighted by molar-refractivity contribution is 6.11. The topological polar surface area (TPSA) is 158 Å². The average Bonchev–Trinajstić information content (AvgIpc) is 2.35. The third-order valence-corrected chi connectivity index (χ3v) is 2.13. The van der Waals surface area contributed by atoms with E-state index in [-0.39, 0.29) is 0 Å². The van der Waals surface area contributed by atoms with Crippen molar-refractivity contribution in [2.75, 3.05) is 0 Å². The number of benzene rings is 1. The summed E-state index contributed by atoms with van der Waals surface area (Å²) in [4.78, 5) is 47.1. The standard InChI is InChI=1S/C10H6O9/c11-7(12)3-1-4(8(13)14)6(9(15)16)5(2-3)10(17)19-18/h1-2,18H,(H,11,12)(H,13,14)(H,15,16). The lowest BCUT2D eigenvalue weighted by atomic mass is 9.97. The molecule has 0 fully saturated rings. The molecule has 0 aromatic heterocycles. The molecule has 0 aliphatic heterocycles. The van der Waals surface area contributed by atoms with Gasteiger partial charge in [-0.15, -0.1) is 0 Å². The molecule has 1 rings (SSSR count). The van der Waals surface area contributed by atoms with E-state index in [9.17, 15) is 19.2 Å². The second kappa shape index (κ2) is 5.14. The van der Waals surface area contributed by atoms with Gasteiger partial charge in [0.1, 0.15) is 0 Å². The number of carbonyl (C=O) groups is 4. The first-order valence-electron chi connectivity index (χ1n) is 4.53. The quantitative estimate of drug-likeness (QED) is 0.448. The van der Waals surface area contributed by atoms with Crippen LogP contribution in [0.4, 0.5) is 0 Å². The fourth-order valence-corrected chi connectivity index (χ4v) is 1.37. The van der Waals surface area contributed by atoms with Crippen LogP contribution in [0.2, 0.25) is 0 Å². The van der Waals surface area contributed by atoms with Gasteiger partial charge in [-0.25, -0.2) is 19.2 Å². The summed E-state index contributed by atoms with van der Waals surface area (Å²) in [6.45, 7) is 0. The van der Waals surface area contributed by atoms with E-state index in [1.165, 1.54) is 0 Å². The van der Waals surface area contributed by atoms with Crippen LogP contribution in [0.1, 0.15) is 41.4 Å². The molecule has 1 aromatic carbocycles. The molecule has 1 aromatic rings. The lowest BCUT2D eigenvalue weighted by molar-refractivity contribution is -0.182. The van der Waals surface area contributed by atoms with Crippen LogP contribution in [0.5, 0.6) is 0 Å². The van der Waals surface area contributed by atoms with Crippen LogP contribution >= 0.6 is 0 Å². The van der Waals surface area contributed by atoms with Gasteiger partial charge in [-0.2, -0.15) is 5.26 Å². The van der Waals surface area contributed by atoms with Gasteiger partial charge in [0, 0.05) is 0 Å². The van der Waals surface area contributed by atoms with E-state index in [0.29, 0.717) is 12.1 Å². The Morgan fingerprint density at radius 3 is 1.74 bits per heavy atom. The van der Waals surface area contributed by atoms with Crippen LogP contribution < -0.4 is 0 Å². The summed E-state index contributed by atoms with van der Waals surface area (Å²) in [7, 11) is 0. The highest BCUT2D eigenvalue weighted by Crippen LogP contribution is 2.19. The maximum Gasteiger partial charge on any atom is 0.373 e. The number of carbonyl (C=O) groups excluding carboxylic acids is 1. The van der Waals surface area contributed by atoms with Crippen LogP contribution in [0.3, 0.4) is 0 Å². The van der Waals surface area contributed by atoms with Crippen molar-refractivity contribution in [2.24, 2.45) is 0 Å². The molecule has 0 atom stereocenters. The van der Waals surface area contributed by atoms with Gasteiger partial charge in [0.15, 0.2) is 0 Å². The molecule has 9 nitrogen and oxygen atoms in total. The fraction of sp³-hybridized carbons (Fsp3) is 0. The summed E-state index contributed by atoms with van der Waals surface area (Å²) >= 11 is 0. The highest BCUT2D eigenvalue weighted by atomic mass is 17.1. The monoisotopic (exact) mass is 270 g/mol. The van der Waals surface area contributed by atoms with Crippen molar-refractivity contribution >= 4 is 23.9 Å². The van der Waals surface area contributed by atoms with E-state index in [4.69, 9.17) is 20.6 Å². The van der Waals surface area contributed by atoms with Crippen molar-refractivity contribution in [1.29, 1.82) is 0 Å². The zero-order valence-corrected chi connectivity index (χ0v) is 8.98. The van der Waals surface area contributed by atoms with Crippen LogP contribution in [0.15, 0.2) is 12.1 Å². The number of hydrogen-bond donors (Lipinski definition) is 4. The molecule has 0 saturated heterocycles. The van der Waals surface area contributed by atoms with E-state index in [0.717, 1.165) is 0 Å².